The highest BCUT2D eigenvalue weighted by Gasteiger charge is 2.19. The zero-order valence-corrected chi connectivity index (χ0v) is 13.2. The van der Waals surface area contributed by atoms with E-state index in [1.165, 1.54) is 12.1 Å². The molecule has 1 fully saturated rings. The second-order valence-corrected chi connectivity index (χ2v) is 5.39. The van der Waals surface area contributed by atoms with Crippen molar-refractivity contribution in [3.63, 3.8) is 0 Å². The largest absolute Gasteiger partial charge is 0.483 e. The number of rotatable bonds is 3. The van der Waals surface area contributed by atoms with Crippen LogP contribution in [0.15, 0.2) is 30.6 Å². The molecule has 24 heavy (non-hydrogen) atoms. The molecule has 0 aliphatic carbocycles. The van der Waals surface area contributed by atoms with E-state index in [2.05, 4.69) is 16.9 Å². The monoisotopic (exact) mass is 339 g/mol. The lowest BCUT2D eigenvalue weighted by Crippen LogP contribution is -2.41. The van der Waals surface area contributed by atoms with Crippen molar-refractivity contribution in [2.45, 2.75) is 12.6 Å². The van der Waals surface area contributed by atoms with Gasteiger partial charge in [-0.05, 0) is 25.2 Å². The van der Waals surface area contributed by atoms with Crippen molar-refractivity contribution in [1.29, 1.82) is 0 Å². The van der Waals surface area contributed by atoms with E-state index < -0.39 is 11.6 Å². The third-order valence-corrected chi connectivity index (χ3v) is 3.64. The molecule has 8 heteroatoms. The molecule has 1 atom stereocenters. The van der Waals surface area contributed by atoms with Crippen LogP contribution >= 0.6 is 0 Å². The highest BCUT2D eigenvalue weighted by Crippen LogP contribution is 2.21. The lowest BCUT2D eigenvalue weighted by Gasteiger charge is -2.30. The number of morpholine rings is 1. The Morgan fingerprint density at radius 2 is 2.17 bits per heavy atom. The second-order valence-electron chi connectivity index (χ2n) is 5.39. The maximum atomic E-state index is 13.4. The standard InChI is InChI=1S/C15H17F2N3O.CH2O2/c1-19-6-7-21-12(9-19)10-20-5-4-18-15(20)11-2-3-13(16)14(17)8-11;2-1-3/h2-5,8,12H,6-7,9-10H2,1H3;1H,(H,2,3). The van der Waals surface area contributed by atoms with Crippen molar-refractivity contribution in [1.82, 2.24) is 14.5 Å². The summed E-state index contributed by atoms with van der Waals surface area (Å²) in [6.07, 6.45) is 3.56. The number of hydrogen-bond donors (Lipinski definition) is 1. The molecule has 1 unspecified atom stereocenters. The molecule has 3 rings (SSSR count). The molecule has 0 saturated carbocycles. The number of aromatic nitrogens is 2. The average molecular weight is 339 g/mol. The van der Waals surface area contributed by atoms with Crippen LogP contribution in [0.25, 0.3) is 11.4 Å². The normalized spacial score (nSPS) is 17.9. The minimum Gasteiger partial charge on any atom is -0.483 e. The second kappa shape index (κ2) is 8.51. The van der Waals surface area contributed by atoms with Gasteiger partial charge in [0.25, 0.3) is 6.47 Å². The molecule has 0 amide bonds. The molecule has 1 aromatic carbocycles. The number of imidazole rings is 1. The fourth-order valence-corrected chi connectivity index (χ4v) is 2.55. The van der Waals surface area contributed by atoms with E-state index >= 15 is 0 Å². The Hall–Kier alpha value is -2.32. The molecule has 1 aliphatic heterocycles. The molecule has 0 spiro atoms. The van der Waals surface area contributed by atoms with Crippen LogP contribution in [-0.4, -0.2) is 58.9 Å². The minimum atomic E-state index is -0.865. The van der Waals surface area contributed by atoms with Gasteiger partial charge < -0.3 is 19.3 Å². The summed E-state index contributed by atoms with van der Waals surface area (Å²) in [6, 6.07) is 3.82. The van der Waals surface area contributed by atoms with E-state index in [-0.39, 0.29) is 12.6 Å². The Labute approximate surface area is 138 Å². The number of ether oxygens (including phenoxy) is 1. The number of carboxylic acid groups (broad SMARTS) is 1. The van der Waals surface area contributed by atoms with E-state index in [9.17, 15) is 8.78 Å². The molecule has 6 nitrogen and oxygen atoms in total. The molecule has 130 valence electrons. The van der Waals surface area contributed by atoms with Crippen LogP contribution < -0.4 is 0 Å². The van der Waals surface area contributed by atoms with Gasteiger partial charge in [-0.15, -0.1) is 0 Å². The topological polar surface area (TPSA) is 67.6 Å². The van der Waals surface area contributed by atoms with Gasteiger partial charge in [0.2, 0.25) is 0 Å². The highest BCUT2D eigenvalue weighted by atomic mass is 19.2. The number of carbonyl (C=O) groups is 1. The van der Waals surface area contributed by atoms with Gasteiger partial charge in [0.15, 0.2) is 11.6 Å². The zero-order valence-electron chi connectivity index (χ0n) is 13.2. The SMILES string of the molecule is CN1CCOC(Cn2ccnc2-c2ccc(F)c(F)c2)C1.O=CO. The van der Waals surface area contributed by atoms with Crippen LogP contribution in [0.3, 0.4) is 0 Å². The number of halogens is 2. The molecular weight excluding hydrogens is 320 g/mol. The van der Waals surface area contributed by atoms with Crippen LogP contribution in [-0.2, 0) is 16.1 Å². The zero-order chi connectivity index (χ0) is 17.5. The van der Waals surface area contributed by atoms with E-state index in [0.717, 1.165) is 19.2 Å². The Morgan fingerprint density at radius 1 is 1.42 bits per heavy atom. The molecule has 0 radical (unpaired) electrons. The summed E-state index contributed by atoms with van der Waals surface area (Å²) in [5, 5.41) is 6.89. The highest BCUT2D eigenvalue weighted by molar-refractivity contribution is 5.55. The van der Waals surface area contributed by atoms with Crippen LogP contribution in [0.2, 0.25) is 0 Å². The summed E-state index contributed by atoms with van der Waals surface area (Å²) in [4.78, 5) is 14.8. The average Bonchev–Trinajstić information content (AvgIpc) is 2.99. The quantitative estimate of drug-likeness (QED) is 0.865. The third kappa shape index (κ3) is 4.59. The van der Waals surface area contributed by atoms with Crippen LogP contribution in [0.5, 0.6) is 0 Å². The Balaban J connectivity index is 0.000000647. The maximum Gasteiger partial charge on any atom is 0.290 e. The Kier molecular flexibility index (Phi) is 6.39. The van der Waals surface area contributed by atoms with Gasteiger partial charge in [-0.1, -0.05) is 0 Å². The number of hydrogen-bond acceptors (Lipinski definition) is 4. The molecule has 1 saturated heterocycles. The van der Waals surface area contributed by atoms with Gasteiger partial charge in [-0.25, -0.2) is 13.8 Å². The van der Waals surface area contributed by atoms with Crippen molar-refractivity contribution in [3.8, 4) is 11.4 Å². The molecule has 2 heterocycles. The minimum absolute atomic E-state index is 0.0713. The van der Waals surface area contributed by atoms with Crippen molar-refractivity contribution in [2.24, 2.45) is 0 Å². The predicted molar refractivity (Wildman–Crippen MR) is 83.5 cm³/mol. The summed E-state index contributed by atoms with van der Waals surface area (Å²) in [5.41, 5.74) is 0.558. The summed E-state index contributed by atoms with van der Waals surface area (Å²) in [6.45, 7) is 2.86. The number of likely N-dealkylation sites (N-methyl/N-ethyl adjacent to an activating group) is 1. The molecule has 1 aliphatic rings. The fraction of sp³-hybridized carbons (Fsp3) is 0.375. The molecule has 2 aromatic rings. The Bertz CT molecular complexity index is 678. The van der Waals surface area contributed by atoms with Gasteiger partial charge in [0.05, 0.1) is 19.3 Å². The third-order valence-electron chi connectivity index (χ3n) is 3.64. The van der Waals surface area contributed by atoms with Crippen LogP contribution in [0.4, 0.5) is 8.78 Å². The summed E-state index contributed by atoms with van der Waals surface area (Å²) in [5.74, 6) is -1.10. The Morgan fingerprint density at radius 3 is 2.83 bits per heavy atom. The van der Waals surface area contributed by atoms with E-state index in [0.29, 0.717) is 24.5 Å². The lowest BCUT2D eigenvalue weighted by molar-refractivity contribution is -0.122. The first-order valence-electron chi connectivity index (χ1n) is 7.39. The van der Waals surface area contributed by atoms with Gasteiger partial charge in [-0.3, -0.25) is 4.79 Å². The van der Waals surface area contributed by atoms with Gasteiger partial charge >= 0.3 is 0 Å². The van der Waals surface area contributed by atoms with E-state index in [1.807, 2.05) is 10.8 Å². The van der Waals surface area contributed by atoms with Crippen LogP contribution in [0.1, 0.15) is 0 Å². The molecule has 1 N–H and O–H groups in total. The van der Waals surface area contributed by atoms with E-state index in [4.69, 9.17) is 14.6 Å². The summed E-state index contributed by atoms with van der Waals surface area (Å²) >= 11 is 0. The number of nitrogens with zero attached hydrogens (tertiary/aromatic N) is 3. The smallest absolute Gasteiger partial charge is 0.290 e. The van der Waals surface area contributed by atoms with Gasteiger partial charge in [-0.2, -0.15) is 0 Å². The lowest BCUT2D eigenvalue weighted by atomic mass is 10.2. The van der Waals surface area contributed by atoms with Crippen molar-refractivity contribution < 1.29 is 23.4 Å². The molecule has 1 aromatic heterocycles. The molecule has 0 bridgehead atoms. The number of benzene rings is 1. The van der Waals surface area contributed by atoms with Gasteiger partial charge in [0.1, 0.15) is 5.82 Å². The van der Waals surface area contributed by atoms with E-state index in [1.54, 1.807) is 6.20 Å². The first-order valence-corrected chi connectivity index (χ1v) is 7.39. The maximum absolute atomic E-state index is 13.4. The fourth-order valence-electron chi connectivity index (χ4n) is 2.55. The summed E-state index contributed by atoms with van der Waals surface area (Å²) < 4.78 is 34.0. The summed E-state index contributed by atoms with van der Waals surface area (Å²) in [7, 11) is 2.06. The van der Waals surface area contributed by atoms with Crippen molar-refractivity contribution in [2.75, 3.05) is 26.7 Å². The molecular formula is C16H19F2N3O3. The first kappa shape index (κ1) is 18.0. The van der Waals surface area contributed by atoms with Crippen molar-refractivity contribution in [3.05, 3.63) is 42.2 Å². The predicted octanol–water partition coefficient (Wildman–Crippen LogP) is 1.86. The van der Waals surface area contributed by atoms with Gasteiger partial charge in [0, 0.05) is 31.0 Å². The van der Waals surface area contributed by atoms with Crippen molar-refractivity contribution >= 4 is 6.47 Å². The van der Waals surface area contributed by atoms with Crippen LogP contribution in [0, 0.1) is 11.6 Å². The first-order chi connectivity index (χ1) is 11.5.